The van der Waals surface area contributed by atoms with Crippen molar-refractivity contribution in [3.8, 4) is 0 Å². The van der Waals surface area contributed by atoms with E-state index < -0.39 is 11.7 Å². The predicted octanol–water partition coefficient (Wildman–Crippen LogP) is 5.42. The van der Waals surface area contributed by atoms with Crippen molar-refractivity contribution in [2.75, 3.05) is 13.2 Å². The second-order valence-corrected chi connectivity index (χ2v) is 5.77. The average molecular weight is 357 g/mol. The van der Waals surface area contributed by atoms with Gasteiger partial charge in [0, 0.05) is 4.47 Å². The summed E-state index contributed by atoms with van der Waals surface area (Å²) in [5.41, 5.74) is 0.377. The quantitative estimate of drug-likeness (QED) is 0.662. The van der Waals surface area contributed by atoms with Crippen LogP contribution in [0.4, 0.5) is 13.2 Å². The van der Waals surface area contributed by atoms with Crippen LogP contribution in [0.3, 0.4) is 0 Å². The maximum absolute atomic E-state index is 13.4. The summed E-state index contributed by atoms with van der Waals surface area (Å²) in [6, 6.07) is 8.24. The first-order valence-electron chi connectivity index (χ1n) is 6.53. The monoisotopic (exact) mass is 356 g/mol. The van der Waals surface area contributed by atoms with E-state index in [1.165, 1.54) is 6.07 Å². The molecular formula is C16H12BrF3O. The molecule has 0 saturated heterocycles. The van der Waals surface area contributed by atoms with Crippen LogP contribution < -0.4 is 0 Å². The van der Waals surface area contributed by atoms with Crippen molar-refractivity contribution in [1.29, 1.82) is 0 Å². The third kappa shape index (κ3) is 2.85. The molecule has 0 aromatic heterocycles. The highest BCUT2D eigenvalue weighted by molar-refractivity contribution is 9.10. The van der Waals surface area contributed by atoms with Gasteiger partial charge in [-0.25, -0.2) is 0 Å². The van der Waals surface area contributed by atoms with Crippen LogP contribution in [0.5, 0.6) is 0 Å². The van der Waals surface area contributed by atoms with E-state index in [-0.39, 0.29) is 5.56 Å². The molecular weight excluding hydrogens is 345 g/mol. The van der Waals surface area contributed by atoms with Crippen LogP contribution in [-0.2, 0) is 10.9 Å². The van der Waals surface area contributed by atoms with Crippen LogP contribution in [0.2, 0.25) is 0 Å². The number of hydrogen-bond donors (Lipinski definition) is 0. The fraction of sp³-hybridized carbons (Fsp3) is 0.250. The van der Waals surface area contributed by atoms with Crippen LogP contribution in [0.25, 0.3) is 16.3 Å². The molecule has 110 valence electrons. The molecule has 1 aliphatic rings. The van der Waals surface area contributed by atoms with Gasteiger partial charge in [0.25, 0.3) is 0 Å². The molecule has 2 aromatic carbocycles. The Morgan fingerprint density at radius 1 is 1.14 bits per heavy atom. The normalized spacial score (nSPS) is 16.1. The maximum Gasteiger partial charge on any atom is 0.417 e. The second kappa shape index (κ2) is 5.46. The van der Waals surface area contributed by atoms with Gasteiger partial charge in [-0.1, -0.05) is 34.1 Å². The van der Waals surface area contributed by atoms with Gasteiger partial charge < -0.3 is 4.74 Å². The predicted molar refractivity (Wildman–Crippen MR) is 80.1 cm³/mol. The summed E-state index contributed by atoms with van der Waals surface area (Å²) >= 11 is 3.32. The fourth-order valence-corrected chi connectivity index (χ4v) is 3.06. The van der Waals surface area contributed by atoms with Gasteiger partial charge in [0.05, 0.1) is 18.8 Å². The Morgan fingerprint density at radius 3 is 2.62 bits per heavy atom. The number of rotatable bonds is 1. The molecule has 0 aliphatic carbocycles. The number of alkyl halides is 3. The van der Waals surface area contributed by atoms with Gasteiger partial charge in [0.15, 0.2) is 0 Å². The SMILES string of the molecule is FC(F)(F)c1cc2c(Br)cccc2cc1C1=CCOCC1. The van der Waals surface area contributed by atoms with Gasteiger partial charge in [-0.2, -0.15) is 13.2 Å². The smallest absolute Gasteiger partial charge is 0.377 e. The minimum Gasteiger partial charge on any atom is -0.377 e. The number of ether oxygens (including phenoxy) is 1. The Balaban J connectivity index is 2.28. The zero-order chi connectivity index (χ0) is 15.0. The molecule has 0 N–H and O–H groups in total. The summed E-state index contributed by atoms with van der Waals surface area (Å²) in [5.74, 6) is 0. The Hall–Kier alpha value is -1.33. The molecule has 0 amide bonds. The molecule has 0 spiro atoms. The molecule has 0 bridgehead atoms. The van der Waals surface area contributed by atoms with Gasteiger partial charge in [-0.15, -0.1) is 0 Å². The standard InChI is InChI=1S/C16H12BrF3O/c17-15-3-1-2-11-8-12(10-4-6-21-7-5-10)14(9-13(11)15)16(18,19)20/h1-4,8-9H,5-7H2. The third-order valence-electron chi connectivity index (χ3n) is 3.58. The molecule has 0 unspecified atom stereocenters. The van der Waals surface area contributed by atoms with E-state index in [1.807, 2.05) is 12.1 Å². The van der Waals surface area contributed by atoms with Crippen molar-refractivity contribution >= 4 is 32.3 Å². The van der Waals surface area contributed by atoms with Crippen LogP contribution >= 0.6 is 15.9 Å². The van der Waals surface area contributed by atoms with Crippen molar-refractivity contribution in [3.63, 3.8) is 0 Å². The van der Waals surface area contributed by atoms with Crippen molar-refractivity contribution < 1.29 is 17.9 Å². The number of halogens is 4. The third-order valence-corrected chi connectivity index (χ3v) is 4.27. The highest BCUT2D eigenvalue weighted by Crippen LogP contribution is 2.40. The van der Waals surface area contributed by atoms with E-state index in [2.05, 4.69) is 15.9 Å². The van der Waals surface area contributed by atoms with Gasteiger partial charge in [-0.05, 0) is 46.5 Å². The lowest BCUT2D eigenvalue weighted by atomic mass is 9.93. The molecule has 0 atom stereocenters. The lowest BCUT2D eigenvalue weighted by molar-refractivity contribution is -0.137. The molecule has 5 heteroatoms. The van der Waals surface area contributed by atoms with Crippen molar-refractivity contribution in [3.05, 3.63) is 52.0 Å². The summed E-state index contributed by atoms with van der Waals surface area (Å²) < 4.78 is 46.0. The fourth-order valence-electron chi connectivity index (χ4n) is 2.56. The van der Waals surface area contributed by atoms with Gasteiger partial charge in [-0.3, -0.25) is 0 Å². The molecule has 1 heterocycles. The molecule has 2 aromatic rings. The number of benzene rings is 2. The van der Waals surface area contributed by atoms with Gasteiger partial charge >= 0.3 is 6.18 Å². The van der Waals surface area contributed by atoms with Crippen LogP contribution in [0.15, 0.2) is 40.9 Å². The molecule has 1 nitrogen and oxygen atoms in total. The van der Waals surface area contributed by atoms with E-state index >= 15 is 0 Å². The van der Waals surface area contributed by atoms with E-state index in [0.29, 0.717) is 35.1 Å². The minimum atomic E-state index is -4.38. The summed E-state index contributed by atoms with van der Waals surface area (Å²) in [6.45, 7) is 0.822. The second-order valence-electron chi connectivity index (χ2n) is 4.91. The molecule has 0 fully saturated rings. The Bertz CT molecular complexity index is 719. The summed E-state index contributed by atoms with van der Waals surface area (Å²) in [5, 5.41) is 1.36. The first kappa shape index (κ1) is 14.6. The summed E-state index contributed by atoms with van der Waals surface area (Å²) in [6.07, 6.45) is -2.14. The van der Waals surface area contributed by atoms with Crippen molar-refractivity contribution in [2.24, 2.45) is 0 Å². The summed E-state index contributed by atoms with van der Waals surface area (Å²) in [7, 11) is 0. The first-order chi connectivity index (χ1) is 9.97. The molecule has 21 heavy (non-hydrogen) atoms. The summed E-state index contributed by atoms with van der Waals surface area (Å²) in [4.78, 5) is 0. The zero-order valence-electron chi connectivity index (χ0n) is 11.0. The lowest BCUT2D eigenvalue weighted by Crippen LogP contribution is -2.12. The van der Waals surface area contributed by atoms with Gasteiger partial charge in [0.2, 0.25) is 0 Å². The highest BCUT2D eigenvalue weighted by Gasteiger charge is 2.34. The molecule has 0 radical (unpaired) electrons. The topological polar surface area (TPSA) is 9.23 Å². The average Bonchev–Trinajstić information content (AvgIpc) is 2.46. The van der Waals surface area contributed by atoms with E-state index in [1.54, 1.807) is 18.2 Å². The lowest BCUT2D eigenvalue weighted by Gasteiger charge is -2.20. The molecule has 3 rings (SSSR count). The Kier molecular flexibility index (Phi) is 3.80. The van der Waals surface area contributed by atoms with Crippen molar-refractivity contribution in [1.82, 2.24) is 0 Å². The maximum atomic E-state index is 13.4. The van der Waals surface area contributed by atoms with E-state index in [0.717, 1.165) is 5.39 Å². The molecule has 1 aliphatic heterocycles. The van der Waals surface area contributed by atoms with Crippen LogP contribution in [0, 0.1) is 0 Å². The van der Waals surface area contributed by atoms with Crippen molar-refractivity contribution in [2.45, 2.75) is 12.6 Å². The van der Waals surface area contributed by atoms with Gasteiger partial charge in [0.1, 0.15) is 0 Å². The number of hydrogen-bond acceptors (Lipinski definition) is 1. The van der Waals surface area contributed by atoms with Crippen LogP contribution in [-0.4, -0.2) is 13.2 Å². The van der Waals surface area contributed by atoms with Crippen LogP contribution in [0.1, 0.15) is 17.5 Å². The first-order valence-corrected chi connectivity index (χ1v) is 7.33. The van der Waals surface area contributed by atoms with E-state index in [9.17, 15) is 13.2 Å². The number of fused-ring (bicyclic) bond motifs is 1. The Labute approximate surface area is 128 Å². The minimum absolute atomic E-state index is 0.261. The zero-order valence-corrected chi connectivity index (χ0v) is 12.6. The highest BCUT2D eigenvalue weighted by atomic mass is 79.9. The Morgan fingerprint density at radius 2 is 1.95 bits per heavy atom. The molecule has 0 saturated carbocycles. The largest absolute Gasteiger partial charge is 0.417 e. The van der Waals surface area contributed by atoms with E-state index in [4.69, 9.17) is 4.74 Å².